The number of fused-ring (bicyclic) bond motifs is 1. The van der Waals surface area contributed by atoms with Gasteiger partial charge in [0.05, 0.1) is 5.92 Å². The molecular weight excluding hydrogens is 292 g/mol. The Balaban J connectivity index is 2.11. The van der Waals surface area contributed by atoms with Crippen molar-refractivity contribution < 1.29 is 9.47 Å². The van der Waals surface area contributed by atoms with Gasteiger partial charge in [0.25, 0.3) is 0 Å². The predicted octanol–water partition coefficient (Wildman–Crippen LogP) is 2.50. The molecule has 1 aliphatic heterocycles. The third-order valence-corrected chi connectivity index (χ3v) is 3.69. The fourth-order valence-corrected chi connectivity index (χ4v) is 2.67. The van der Waals surface area contributed by atoms with E-state index in [0.29, 0.717) is 23.8 Å². The minimum absolute atomic E-state index is 0.0777. The number of rotatable bonds is 4. The Morgan fingerprint density at radius 3 is 3.13 bits per heavy atom. The average molecular weight is 308 g/mol. The van der Waals surface area contributed by atoms with Gasteiger partial charge in [-0.3, -0.25) is 5.10 Å². The largest absolute Gasteiger partial charge is 0.490 e. The number of nitrogens with one attached hydrogen (secondary N) is 1. The number of aryl methyl sites for hydroxylation is 1. The van der Waals surface area contributed by atoms with E-state index in [0.717, 1.165) is 16.8 Å². The minimum Gasteiger partial charge on any atom is -0.490 e. The van der Waals surface area contributed by atoms with Gasteiger partial charge < -0.3 is 15.2 Å². The minimum atomic E-state index is -0.338. The van der Waals surface area contributed by atoms with Crippen LogP contribution in [0.25, 0.3) is 0 Å². The summed E-state index contributed by atoms with van der Waals surface area (Å²) in [5.41, 5.74) is 8.80. The van der Waals surface area contributed by atoms with E-state index in [1.54, 1.807) is 6.08 Å². The highest BCUT2D eigenvalue weighted by atomic mass is 16.5. The quantitative estimate of drug-likeness (QED) is 0.846. The van der Waals surface area contributed by atoms with E-state index >= 15 is 0 Å². The molecule has 116 valence electrons. The summed E-state index contributed by atoms with van der Waals surface area (Å²) in [5.74, 6) is 0.845. The molecule has 0 fully saturated rings. The molecule has 0 saturated heterocycles. The molecule has 23 heavy (non-hydrogen) atoms. The van der Waals surface area contributed by atoms with Crippen LogP contribution in [0.3, 0.4) is 0 Å². The molecule has 1 aromatic heterocycles. The van der Waals surface area contributed by atoms with E-state index < -0.39 is 0 Å². The highest BCUT2D eigenvalue weighted by Gasteiger charge is 2.34. The maximum atomic E-state index is 9.51. The molecule has 1 aliphatic rings. The standard InChI is InChI=1S/C17H16N4O2/c1-3-7-22-12-6-4-5-11(8-12)15-13(9-18)16(19)23-17-14(15)10(2)20-21-17/h3-6,8,15H,1,7,19H2,2H3,(H,20,21)/t15-/m1/s1. The molecule has 3 rings (SSSR count). The second kappa shape index (κ2) is 5.89. The van der Waals surface area contributed by atoms with Crippen molar-refractivity contribution >= 4 is 0 Å². The summed E-state index contributed by atoms with van der Waals surface area (Å²) in [6.07, 6.45) is 1.68. The van der Waals surface area contributed by atoms with Gasteiger partial charge in [0.2, 0.25) is 11.8 Å². The van der Waals surface area contributed by atoms with Crippen LogP contribution in [-0.4, -0.2) is 16.8 Å². The van der Waals surface area contributed by atoms with Crippen molar-refractivity contribution in [3.63, 3.8) is 0 Å². The monoisotopic (exact) mass is 308 g/mol. The lowest BCUT2D eigenvalue weighted by atomic mass is 9.84. The number of ether oxygens (including phenoxy) is 2. The molecule has 2 aromatic rings. The van der Waals surface area contributed by atoms with Gasteiger partial charge in [-0.05, 0) is 24.6 Å². The molecule has 0 unspecified atom stereocenters. The molecule has 0 bridgehead atoms. The molecule has 1 aromatic carbocycles. The van der Waals surface area contributed by atoms with Gasteiger partial charge in [0.1, 0.15) is 24.0 Å². The van der Waals surface area contributed by atoms with E-state index in [2.05, 4.69) is 22.8 Å². The van der Waals surface area contributed by atoms with Gasteiger partial charge in [0, 0.05) is 11.3 Å². The summed E-state index contributed by atoms with van der Waals surface area (Å²) < 4.78 is 11.0. The molecule has 6 heteroatoms. The third-order valence-electron chi connectivity index (χ3n) is 3.69. The Hall–Kier alpha value is -3.20. The van der Waals surface area contributed by atoms with Crippen molar-refractivity contribution in [1.29, 1.82) is 5.26 Å². The Morgan fingerprint density at radius 2 is 2.39 bits per heavy atom. The van der Waals surface area contributed by atoms with Crippen molar-refractivity contribution in [2.45, 2.75) is 12.8 Å². The molecular formula is C17H16N4O2. The van der Waals surface area contributed by atoms with Crippen LogP contribution in [0, 0.1) is 18.3 Å². The van der Waals surface area contributed by atoms with Crippen LogP contribution in [0.1, 0.15) is 22.7 Å². The first kappa shape index (κ1) is 14.7. The van der Waals surface area contributed by atoms with Crippen LogP contribution in [0.15, 0.2) is 48.4 Å². The summed E-state index contributed by atoms with van der Waals surface area (Å²) in [6.45, 7) is 5.94. The zero-order valence-corrected chi connectivity index (χ0v) is 12.7. The van der Waals surface area contributed by atoms with Crippen LogP contribution in [0.4, 0.5) is 0 Å². The number of aromatic nitrogens is 2. The number of nitrogens with zero attached hydrogens (tertiary/aromatic N) is 2. The fourth-order valence-electron chi connectivity index (χ4n) is 2.67. The van der Waals surface area contributed by atoms with E-state index in [-0.39, 0.29) is 11.8 Å². The average Bonchev–Trinajstić information content (AvgIpc) is 2.92. The molecule has 6 nitrogen and oxygen atoms in total. The maximum absolute atomic E-state index is 9.51. The summed E-state index contributed by atoms with van der Waals surface area (Å²) in [6, 6.07) is 9.71. The van der Waals surface area contributed by atoms with Gasteiger partial charge in [0.15, 0.2) is 0 Å². The summed E-state index contributed by atoms with van der Waals surface area (Å²) >= 11 is 0. The number of hydrogen-bond acceptors (Lipinski definition) is 5. The van der Waals surface area contributed by atoms with Crippen LogP contribution < -0.4 is 15.2 Å². The van der Waals surface area contributed by atoms with E-state index in [1.807, 2.05) is 31.2 Å². The zero-order valence-electron chi connectivity index (χ0n) is 12.7. The predicted molar refractivity (Wildman–Crippen MR) is 84.8 cm³/mol. The Bertz CT molecular complexity index is 829. The molecule has 0 aliphatic carbocycles. The van der Waals surface area contributed by atoms with E-state index in [1.165, 1.54) is 0 Å². The summed E-state index contributed by atoms with van der Waals surface area (Å²) in [5, 5.41) is 16.5. The van der Waals surface area contributed by atoms with Gasteiger partial charge in [-0.1, -0.05) is 24.8 Å². The second-order valence-corrected chi connectivity index (χ2v) is 5.16. The Morgan fingerprint density at radius 1 is 1.57 bits per heavy atom. The van der Waals surface area contributed by atoms with Gasteiger partial charge in [-0.2, -0.15) is 5.26 Å². The number of benzene rings is 1. The van der Waals surface area contributed by atoms with Crippen molar-refractivity contribution in [1.82, 2.24) is 10.2 Å². The maximum Gasteiger partial charge on any atom is 0.244 e. The van der Waals surface area contributed by atoms with Crippen LogP contribution in [0.2, 0.25) is 0 Å². The van der Waals surface area contributed by atoms with Gasteiger partial charge >= 0.3 is 0 Å². The third kappa shape index (κ3) is 2.53. The normalized spacial score (nSPS) is 16.3. The lowest BCUT2D eigenvalue weighted by Crippen LogP contribution is -2.21. The van der Waals surface area contributed by atoms with Gasteiger partial charge in [-0.15, -0.1) is 5.10 Å². The summed E-state index contributed by atoms with van der Waals surface area (Å²) in [7, 11) is 0. The molecule has 0 radical (unpaired) electrons. The number of H-pyrrole nitrogens is 1. The topological polar surface area (TPSA) is 96.9 Å². The zero-order chi connectivity index (χ0) is 16.4. The molecule has 0 spiro atoms. The highest BCUT2D eigenvalue weighted by Crippen LogP contribution is 2.43. The number of allylic oxidation sites excluding steroid dienone is 1. The van der Waals surface area contributed by atoms with Crippen LogP contribution >= 0.6 is 0 Å². The van der Waals surface area contributed by atoms with Gasteiger partial charge in [-0.25, -0.2) is 0 Å². The first-order chi connectivity index (χ1) is 11.2. The van der Waals surface area contributed by atoms with Crippen molar-refractivity contribution in [2.75, 3.05) is 6.61 Å². The SMILES string of the molecule is C=CCOc1cccc([C@@H]2C(C#N)=C(N)Oc3n[nH]c(C)c32)c1. The van der Waals surface area contributed by atoms with E-state index in [9.17, 15) is 5.26 Å². The first-order valence-electron chi connectivity index (χ1n) is 7.11. The lowest BCUT2D eigenvalue weighted by molar-refractivity contribution is 0.362. The summed E-state index contributed by atoms with van der Waals surface area (Å²) in [4.78, 5) is 0. The van der Waals surface area contributed by atoms with Crippen molar-refractivity contribution in [2.24, 2.45) is 5.73 Å². The molecule has 3 N–H and O–H groups in total. The number of hydrogen-bond donors (Lipinski definition) is 2. The Kier molecular flexibility index (Phi) is 3.77. The molecule has 0 saturated carbocycles. The van der Waals surface area contributed by atoms with Crippen molar-refractivity contribution in [3.8, 4) is 17.7 Å². The molecule has 1 atom stereocenters. The van der Waals surface area contributed by atoms with E-state index in [4.69, 9.17) is 15.2 Å². The highest BCUT2D eigenvalue weighted by molar-refractivity contribution is 5.55. The van der Waals surface area contributed by atoms with Crippen molar-refractivity contribution in [3.05, 3.63) is 65.2 Å². The lowest BCUT2D eigenvalue weighted by Gasteiger charge is -2.23. The Labute approximate surface area is 133 Å². The van der Waals surface area contributed by atoms with Crippen LogP contribution in [0.5, 0.6) is 11.6 Å². The number of aromatic amines is 1. The number of nitriles is 1. The van der Waals surface area contributed by atoms with Crippen LogP contribution in [-0.2, 0) is 0 Å². The second-order valence-electron chi connectivity index (χ2n) is 5.16. The smallest absolute Gasteiger partial charge is 0.244 e. The molecule has 0 amide bonds. The molecule has 2 heterocycles. The first-order valence-corrected chi connectivity index (χ1v) is 7.11. The fraction of sp³-hybridized carbons (Fsp3) is 0.176. The number of nitrogens with two attached hydrogens (primary N) is 1.